The van der Waals surface area contributed by atoms with Crippen molar-refractivity contribution in [3.63, 3.8) is 0 Å². The third-order valence-corrected chi connectivity index (χ3v) is 7.15. The van der Waals surface area contributed by atoms with Gasteiger partial charge in [-0.25, -0.2) is 4.79 Å². The maximum atomic E-state index is 13.8. The van der Waals surface area contributed by atoms with Gasteiger partial charge in [0.25, 0.3) is 5.91 Å². The SMILES string of the molecule is COCCOc1ccc2[nH]c3c(c2c1)C[C@@]1(C)C(=O)N(CCN(C)C)C(=O)N1[C@@H]3c1cccc(O)c1. The van der Waals surface area contributed by atoms with E-state index in [1.807, 2.05) is 50.2 Å². The van der Waals surface area contributed by atoms with Gasteiger partial charge in [0.15, 0.2) is 0 Å². The zero-order valence-corrected chi connectivity index (χ0v) is 21.1. The summed E-state index contributed by atoms with van der Waals surface area (Å²) >= 11 is 0. The second-order valence-corrected chi connectivity index (χ2v) is 9.93. The Hall–Kier alpha value is -3.56. The first kappa shape index (κ1) is 24.1. The normalized spacial score (nSPS) is 21.4. The van der Waals surface area contributed by atoms with E-state index in [4.69, 9.17) is 9.47 Å². The summed E-state index contributed by atoms with van der Waals surface area (Å²) in [6, 6.07) is 11.8. The standard InChI is InChI=1S/C27H32N4O5/c1-27-16-21-20-15-19(36-13-12-35-4)8-9-22(20)28-23(21)24(17-6-5-7-18(32)14-17)31(27)26(34)30(25(27)33)11-10-29(2)3/h5-9,14-15,24,28,32H,10-13,16H2,1-4H3/t24-,27+/m1/s1. The molecule has 5 rings (SSSR count). The maximum Gasteiger partial charge on any atom is 0.328 e. The van der Waals surface area contributed by atoms with Gasteiger partial charge < -0.3 is 24.5 Å². The zero-order valence-electron chi connectivity index (χ0n) is 21.1. The summed E-state index contributed by atoms with van der Waals surface area (Å²) in [6.45, 7) is 3.65. The number of urea groups is 1. The number of phenols is 1. The number of imide groups is 1. The van der Waals surface area contributed by atoms with Crippen LogP contribution >= 0.6 is 0 Å². The minimum absolute atomic E-state index is 0.105. The lowest BCUT2D eigenvalue weighted by molar-refractivity contribution is -0.133. The molecule has 2 atom stereocenters. The lowest BCUT2D eigenvalue weighted by Crippen LogP contribution is -2.53. The van der Waals surface area contributed by atoms with Crippen LogP contribution in [0, 0.1) is 0 Å². The topological polar surface area (TPSA) is 98.3 Å². The molecular formula is C27H32N4O5. The van der Waals surface area contributed by atoms with Crippen molar-refractivity contribution in [3.05, 3.63) is 59.3 Å². The highest BCUT2D eigenvalue weighted by atomic mass is 16.5. The number of methoxy groups -OCH3 is 1. The van der Waals surface area contributed by atoms with Crippen molar-refractivity contribution >= 4 is 22.8 Å². The number of nitrogens with zero attached hydrogens (tertiary/aromatic N) is 3. The van der Waals surface area contributed by atoms with Crippen LogP contribution in [0.1, 0.15) is 29.8 Å². The molecule has 0 bridgehead atoms. The van der Waals surface area contributed by atoms with Crippen molar-refractivity contribution in [1.29, 1.82) is 0 Å². The number of carbonyl (C=O) groups is 2. The van der Waals surface area contributed by atoms with Gasteiger partial charge in [-0.2, -0.15) is 0 Å². The number of aromatic nitrogens is 1. The van der Waals surface area contributed by atoms with Crippen LogP contribution in [0.3, 0.4) is 0 Å². The molecule has 0 aliphatic carbocycles. The molecule has 9 nitrogen and oxygen atoms in total. The van der Waals surface area contributed by atoms with E-state index in [1.54, 1.807) is 30.2 Å². The molecule has 9 heteroatoms. The number of ether oxygens (including phenoxy) is 2. The van der Waals surface area contributed by atoms with Crippen molar-refractivity contribution in [3.8, 4) is 11.5 Å². The van der Waals surface area contributed by atoms with Gasteiger partial charge in [0, 0.05) is 43.2 Å². The smallest absolute Gasteiger partial charge is 0.328 e. The summed E-state index contributed by atoms with van der Waals surface area (Å²) in [5.74, 6) is 0.616. The molecule has 1 fully saturated rings. The van der Waals surface area contributed by atoms with Crippen LogP contribution in [0.4, 0.5) is 4.79 Å². The average Bonchev–Trinajstić information content (AvgIpc) is 3.28. The van der Waals surface area contributed by atoms with Crippen LogP contribution in [0.2, 0.25) is 0 Å². The Bertz CT molecular complexity index is 1320. The quantitative estimate of drug-likeness (QED) is 0.370. The van der Waals surface area contributed by atoms with Gasteiger partial charge in [0.1, 0.15) is 29.7 Å². The molecule has 0 unspecified atom stereocenters. The second kappa shape index (κ2) is 9.15. The van der Waals surface area contributed by atoms with Gasteiger partial charge >= 0.3 is 6.03 Å². The molecule has 1 aromatic heterocycles. The largest absolute Gasteiger partial charge is 0.508 e. The number of fused-ring (bicyclic) bond motifs is 4. The molecule has 0 saturated carbocycles. The number of nitrogens with one attached hydrogen (secondary N) is 1. The third kappa shape index (κ3) is 3.88. The summed E-state index contributed by atoms with van der Waals surface area (Å²) < 4.78 is 10.9. The number of rotatable bonds is 8. The first-order chi connectivity index (χ1) is 17.2. The summed E-state index contributed by atoms with van der Waals surface area (Å²) in [5, 5.41) is 11.2. The Morgan fingerprint density at radius 2 is 1.97 bits per heavy atom. The van der Waals surface area contributed by atoms with Crippen LogP contribution < -0.4 is 4.74 Å². The first-order valence-electron chi connectivity index (χ1n) is 12.1. The highest BCUT2D eigenvalue weighted by Crippen LogP contribution is 2.49. The minimum Gasteiger partial charge on any atom is -0.508 e. The Balaban J connectivity index is 1.65. The number of H-pyrrole nitrogens is 1. The van der Waals surface area contributed by atoms with Crippen molar-refractivity contribution in [2.45, 2.75) is 24.9 Å². The molecular weight excluding hydrogens is 460 g/mol. The zero-order chi connectivity index (χ0) is 25.6. The summed E-state index contributed by atoms with van der Waals surface area (Å²) in [7, 11) is 5.46. The predicted octanol–water partition coefficient (Wildman–Crippen LogP) is 3.13. The molecule has 2 aliphatic rings. The van der Waals surface area contributed by atoms with Crippen molar-refractivity contribution in [1.82, 2.24) is 19.7 Å². The van der Waals surface area contributed by atoms with Gasteiger partial charge in [0.05, 0.1) is 6.61 Å². The lowest BCUT2D eigenvalue weighted by atomic mass is 9.81. The number of phenolic OH excluding ortho intramolecular Hbond substituents is 1. The predicted molar refractivity (Wildman–Crippen MR) is 135 cm³/mol. The van der Waals surface area contributed by atoms with E-state index in [1.165, 1.54) is 4.90 Å². The molecule has 3 heterocycles. The van der Waals surface area contributed by atoms with E-state index in [0.29, 0.717) is 38.5 Å². The molecule has 2 aliphatic heterocycles. The average molecular weight is 493 g/mol. The van der Waals surface area contributed by atoms with E-state index < -0.39 is 11.6 Å². The van der Waals surface area contributed by atoms with Crippen LogP contribution in [-0.2, 0) is 16.0 Å². The summed E-state index contributed by atoms with van der Waals surface area (Å²) in [6.07, 6.45) is 0.377. The number of carbonyl (C=O) groups excluding carboxylic acids is 2. The van der Waals surface area contributed by atoms with Crippen molar-refractivity contribution < 1.29 is 24.2 Å². The third-order valence-electron chi connectivity index (χ3n) is 7.15. The number of hydrogen-bond donors (Lipinski definition) is 2. The minimum atomic E-state index is -1.06. The van der Waals surface area contributed by atoms with E-state index in [2.05, 4.69) is 4.98 Å². The van der Waals surface area contributed by atoms with Gasteiger partial charge in [-0.3, -0.25) is 14.6 Å². The lowest BCUT2D eigenvalue weighted by Gasteiger charge is -2.42. The molecule has 36 heavy (non-hydrogen) atoms. The highest BCUT2D eigenvalue weighted by Gasteiger charge is 2.60. The number of likely N-dealkylation sites (N-methyl/N-ethyl adjacent to an activating group) is 1. The van der Waals surface area contributed by atoms with Gasteiger partial charge in [-0.05, 0) is 62.5 Å². The van der Waals surface area contributed by atoms with E-state index in [9.17, 15) is 14.7 Å². The van der Waals surface area contributed by atoms with Crippen LogP contribution in [0.15, 0.2) is 42.5 Å². The fraction of sp³-hybridized carbons (Fsp3) is 0.407. The molecule has 3 amide bonds. The molecule has 2 aromatic carbocycles. The number of amides is 3. The Morgan fingerprint density at radius 3 is 2.69 bits per heavy atom. The summed E-state index contributed by atoms with van der Waals surface area (Å²) in [5.41, 5.74) is 2.40. The van der Waals surface area contributed by atoms with Crippen LogP contribution in [0.5, 0.6) is 11.5 Å². The Labute approximate surface area is 210 Å². The monoisotopic (exact) mass is 492 g/mol. The molecule has 1 saturated heterocycles. The number of hydrogen-bond acceptors (Lipinski definition) is 6. The van der Waals surface area contributed by atoms with Gasteiger partial charge in [-0.1, -0.05) is 12.1 Å². The second-order valence-electron chi connectivity index (χ2n) is 9.93. The summed E-state index contributed by atoms with van der Waals surface area (Å²) in [4.78, 5) is 36.1. The van der Waals surface area contributed by atoms with Crippen LogP contribution in [0.25, 0.3) is 10.9 Å². The maximum absolute atomic E-state index is 13.8. The first-order valence-corrected chi connectivity index (χ1v) is 12.1. The molecule has 190 valence electrons. The van der Waals surface area contributed by atoms with E-state index in [-0.39, 0.29) is 17.7 Å². The van der Waals surface area contributed by atoms with Crippen LogP contribution in [-0.4, -0.2) is 89.8 Å². The number of aromatic hydroxyl groups is 1. The fourth-order valence-electron chi connectivity index (χ4n) is 5.36. The fourth-order valence-corrected chi connectivity index (χ4v) is 5.36. The highest BCUT2D eigenvalue weighted by molar-refractivity contribution is 6.08. The number of aromatic amines is 1. The molecule has 3 aromatic rings. The van der Waals surface area contributed by atoms with E-state index in [0.717, 1.165) is 27.7 Å². The molecule has 0 spiro atoms. The van der Waals surface area contributed by atoms with E-state index >= 15 is 0 Å². The molecule has 2 N–H and O–H groups in total. The Morgan fingerprint density at radius 1 is 1.17 bits per heavy atom. The Kier molecular flexibility index (Phi) is 6.13. The number of benzene rings is 2. The van der Waals surface area contributed by atoms with Crippen molar-refractivity contribution in [2.75, 3.05) is 47.5 Å². The van der Waals surface area contributed by atoms with Crippen molar-refractivity contribution in [2.24, 2.45) is 0 Å². The molecule has 0 radical (unpaired) electrons. The van der Waals surface area contributed by atoms with Gasteiger partial charge in [0.2, 0.25) is 0 Å². The van der Waals surface area contributed by atoms with Gasteiger partial charge in [-0.15, -0.1) is 0 Å².